The van der Waals surface area contributed by atoms with Crippen LogP contribution >= 0.6 is 0 Å². The van der Waals surface area contributed by atoms with E-state index >= 15 is 0 Å². The molecular weight excluding hydrogens is 210 g/mol. The number of rotatable bonds is 2. The van der Waals surface area contributed by atoms with E-state index in [-0.39, 0.29) is 6.61 Å². The first-order valence-corrected chi connectivity index (χ1v) is 6.59. The van der Waals surface area contributed by atoms with Crippen LogP contribution in [0.4, 0.5) is 5.69 Å². The van der Waals surface area contributed by atoms with E-state index in [9.17, 15) is 5.11 Å². The van der Waals surface area contributed by atoms with Gasteiger partial charge >= 0.3 is 0 Å². The number of aliphatic hydroxyl groups excluding tert-OH is 1. The third-order valence-corrected chi connectivity index (χ3v) is 4.07. The highest BCUT2D eigenvalue weighted by molar-refractivity contribution is 5.54. The highest BCUT2D eigenvalue weighted by Gasteiger charge is 2.29. The molecule has 94 valence electrons. The first-order valence-electron chi connectivity index (χ1n) is 6.59. The van der Waals surface area contributed by atoms with E-state index in [1.807, 2.05) is 12.1 Å². The van der Waals surface area contributed by atoms with Gasteiger partial charge in [-0.05, 0) is 31.2 Å². The lowest BCUT2D eigenvalue weighted by atomic mass is 9.85. The van der Waals surface area contributed by atoms with E-state index in [0.29, 0.717) is 12.0 Å². The van der Waals surface area contributed by atoms with Gasteiger partial charge < -0.3 is 10.0 Å². The summed E-state index contributed by atoms with van der Waals surface area (Å²) in [5.41, 5.74) is 2.25. The average Bonchev–Trinajstić information content (AvgIpc) is 2.33. The lowest BCUT2D eigenvalue weighted by Gasteiger charge is -2.43. The SMILES string of the molecule is CC1CC(C)C(C)N(c2ccccc2CO)C1. The standard InChI is InChI=1S/C15H23NO/c1-11-8-12(2)13(3)16(9-11)15-7-5-4-6-14(15)10-17/h4-7,11-13,17H,8-10H2,1-3H3. The molecule has 0 saturated carbocycles. The molecule has 3 unspecified atom stereocenters. The van der Waals surface area contributed by atoms with Crippen LogP contribution in [-0.2, 0) is 6.61 Å². The van der Waals surface area contributed by atoms with Crippen LogP contribution in [0.25, 0.3) is 0 Å². The Morgan fingerprint density at radius 1 is 1.24 bits per heavy atom. The van der Waals surface area contributed by atoms with Gasteiger partial charge in [0.2, 0.25) is 0 Å². The molecule has 1 aliphatic rings. The second-order valence-electron chi connectivity index (χ2n) is 5.50. The van der Waals surface area contributed by atoms with E-state index in [1.54, 1.807) is 0 Å². The number of nitrogens with zero attached hydrogens (tertiary/aromatic N) is 1. The molecule has 0 radical (unpaired) electrons. The molecule has 1 heterocycles. The third-order valence-electron chi connectivity index (χ3n) is 4.07. The first-order chi connectivity index (χ1) is 8.13. The summed E-state index contributed by atoms with van der Waals surface area (Å²) in [5, 5.41) is 9.44. The zero-order valence-corrected chi connectivity index (χ0v) is 11.1. The van der Waals surface area contributed by atoms with Gasteiger partial charge in [-0.3, -0.25) is 0 Å². The molecule has 2 nitrogen and oxygen atoms in total. The van der Waals surface area contributed by atoms with Gasteiger partial charge in [-0.1, -0.05) is 32.0 Å². The fraction of sp³-hybridized carbons (Fsp3) is 0.600. The quantitative estimate of drug-likeness (QED) is 0.848. The Kier molecular flexibility index (Phi) is 3.72. The summed E-state index contributed by atoms with van der Waals surface area (Å²) < 4.78 is 0. The molecule has 1 fully saturated rings. The topological polar surface area (TPSA) is 23.5 Å². The Balaban J connectivity index is 2.31. The van der Waals surface area contributed by atoms with Gasteiger partial charge in [0.05, 0.1) is 6.61 Å². The Morgan fingerprint density at radius 2 is 1.94 bits per heavy atom. The first kappa shape index (κ1) is 12.4. The summed E-state index contributed by atoms with van der Waals surface area (Å²) in [5.74, 6) is 1.44. The van der Waals surface area contributed by atoms with Crippen molar-refractivity contribution in [3.63, 3.8) is 0 Å². The molecule has 1 N–H and O–H groups in total. The lowest BCUT2D eigenvalue weighted by molar-refractivity contribution is 0.276. The predicted molar refractivity (Wildman–Crippen MR) is 72.1 cm³/mol. The number of hydrogen-bond donors (Lipinski definition) is 1. The minimum Gasteiger partial charge on any atom is -0.392 e. The second-order valence-corrected chi connectivity index (χ2v) is 5.50. The molecule has 0 spiro atoms. The van der Waals surface area contributed by atoms with Gasteiger partial charge in [-0.15, -0.1) is 0 Å². The highest BCUT2D eigenvalue weighted by Crippen LogP contribution is 2.33. The van der Waals surface area contributed by atoms with Crippen LogP contribution in [0.2, 0.25) is 0 Å². The molecular formula is C15H23NO. The number of para-hydroxylation sites is 1. The van der Waals surface area contributed by atoms with Crippen molar-refractivity contribution < 1.29 is 5.11 Å². The van der Waals surface area contributed by atoms with E-state index < -0.39 is 0 Å². The Hall–Kier alpha value is -1.02. The summed E-state index contributed by atoms with van der Waals surface area (Å²) in [7, 11) is 0. The summed E-state index contributed by atoms with van der Waals surface area (Å²) >= 11 is 0. The van der Waals surface area contributed by atoms with Crippen molar-refractivity contribution in [2.45, 2.75) is 39.8 Å². The minimum absolute atomic E-state index is 0.127. The molecule has 2 heteroatoms. The van der Waals surface area contributed by atoms with Crippen LogP contribution in [0, 0.1) is 11.8 Å². The van der Waals surface area contributed by atoms with Gasteiger partial charge in [0.15, 0.2) is 0 Å². The Bertz CT molecular complexity index is 377. The van der Waals surface area contributed by atoms with Gasteiger partial charge in [-0.25, -0.2) is 0 Å². The Morgan fingerprint density at radius 3 is 2.65 bits per heavy atom. The number of anilines is 1. The van der Waals surface area contributed by atoms with Crippen molar-refractivity contribution >= 4 is 5.69 Å². The maximum Gasteiger partial charge on any atom is 0.0702 e. The maximum atomic E-state index is 9.44. The van der Waals surface area contributed by atoms with E-state index in [4.69, 9.17) is 0 Å². The van der Waals surface area contributed by atoms with Gasteiger partial charge in [-0.2, -0.15) is 0 Å². The largest absolute Gasteiger partial charge is 0.392 e. The van der Waals surface area contributed by atoms with Crippen molar-refractivity contribution in [2.75, 3.05) is 11.4 Å². The van der Waals surface area contributed by atoms with Crippen LogP contribution in [0.3, 0.4) is 0 Å². The maximum absolute atomic E-state index is 9.44. The van der Waals surface area contributed by atoms with E-state index in [0.717, 1.165) is 18.0 Å². The molecule has 0 amide bonds. The van der Waals surface area contributed by atoms with Crippen molar-refractivity contribution in [3.05, 3.63) is 29.8 Å². The van der Waals surface area contributed by atoms with Crippen molar-refractivity contribution in [2.24, 2.45) is 11.8 Å². The van der Waals surface area contributed by atoms with Gasteiger partial charge in [0.25, 0.3) is 0 Å². The molecule has 0 aliphatic carbocycles. The zero-order chi connectivity index (χ0) is 12.4. The fourth-order valence-electron chi connectivity index (χ4n) is 2.96. The van der Waals surface area contributed by atoms with Gasteiger partial charge in [0.1, 0.15) is 0 Å². The molecule has 3 atom stereocenters. The van der Waals surface area contributed by atoms with Crippen LogP contribution in [0.1, 0.15) is 32.8 Å². The van der Waals surface area contributed by atoms with Crippen molar-refractivity contribution in [3.8, 4) is 0 Å². The third kappa shape index (κ3) is 2.47. The molecule has 1 aromatic carbocycles. The molecule has 17 heavy (non-hydrogen) atoms. The zero-order valence-electron chi connectivity index (χ0n) is 11.1. The van der Waals surface area contributed by atoms with Crippen LogP contribution in [0.15, 0.2) is 24.3 Å². The smallest absolute Gasteiger partial charge is 0.0702 e. The van der Waals surface area contributed by atoms with E-state index in [2.05, 4.69) is 37.8 Å². The second kappa shape index (κ2) is 5.09. The fourth-order valence-corrected chi connectivity index (χ4v) is 2.96. The number of hydrogen-bond acceptors (Lipinski definition) is 2. The molecule has 0 bridgehead atoms. The summed E-state index contributed by atoms with van der Waals surface area (Å²) in [6, 6.07) is 8.76. The monoisotopic (exact) mass is 233 g/mol. The molecule has 1 aromatic rings. The minimum atomic E-state index is 0.127. The highest BCUT2D eigenvalue weighted by atomic mass is 16.3. The van der Waals surface area contributed by atoms with Crippen LogP contribution in [0.5, 0.6) is 0 Å². The van der Waals surface area contributed by atoms with Crippen LogP contribution < -0.4 is 4.90 Å². The number of aliphatic hydroxyl groups is 1. The summed E-state index contributed by atoms with van der Waals surface area (Å²) in [4.78, 5) is 2.46. The van der Waals surface area contributed by atoms with E-state index in [1.165, 1.54) is 12.1 Å². The van der Waals surface area contributed by atoms with Gasteiger partial charge in [0, 0.05) is 23.8 Å². The molecule has 2 rings (SSSR count). The average molecular weight is 233 g/mol. The number of benzene rings is 1. The lowest BCUT2D eigenvalue weighted by Crippen LogP contribution is -2.46. The summed E-state index contributed by atoms with van der Waals surface area (Å²) in [6.45, 7) is 8.17. The Labute approximate surface area is 104 Å². The normalized spacial score (nSPS) is 29.4. The van der Waals surface area contributed by atoms with Crippen LogP contribution in [-0.4, -0.2) is 17.7 Å². The molecule has 0 aromatic heterocycles. The summed E-state index contributed by atoms with van der Waals surface area (Å²) in [6.07, 6.45) is 1.30. The number of piperidine rings is 1. The predicted octanol–water partition coefficient (Wildman–Crippen LogP) is 3.05. The molecule has 1 saturated heterocycles. The van der Waals surface area contributed by atoms with Crippen molar-refractivity contribution in [1.29, 1.82) is 0 Å². The van der Waals surface area contributed by atoms with Crippen molar-refractivity contribution in [1.82, 2.24) is 0 Å². The molecule has 1 aliphatic heterocycles.